The van der Waals surface area contributed by atoms with Crippen molar-refractivity contribution in [3.63, 3.8) is 0 Å². The largest absolute Gasteiger partial charge is 0.314 e. The SMILES string of the molecule is C1CN(CCN2CCSCC2)CCN1.[U]. The molecule has 2 aliphatic heterocycles. The van der Waals surface area contributed by atoms with Crippen LogP contribution in [0.2, 0.25) is 0 Å². The van der Waals surface area contributed by atoms with Crippen molar-refractivity contribution in [1.82, 2.24) is 15.1 Å². The van der Waals surface area contributed by atoms with E-state index in [2.05, 4.69) is 26.9 Å². The summed E-state index contributed by atoms with van der Waals surface area (Å²) in [4.78, 5) is 5.19. The number of rotatable bonds is 3. The molecule has 86 valence electrons. The maximum atomic E-state index is 3.39. The summed E-state index contributed by atoms with van der Waals surface area (Å²) < 4.78 is 0. The zero-order chi connectivity index (χ0) is 9.64. The zero-order valence-corrected chi connectivity index (χ0v) is 14.4. The molecule has 0 aliphatic carbocycles. The van der Waals surface area contributed by atoms with Crippen molar-refractivity contribution in [2.24, 2.45) is 0 Å². The molecule has 15 heavy (non-hydrogen) atoms. The summed E-state index contributed by atoms with van der Waals surface area (Å²) in [6.07, 6.45) is 0. The predicted molar refractivity (Wildman–Crippen MR) is 63.1 cm³/mol. The number of nitrogens with zero attached hydrogens (tertiary/aromatic N) is 2. The van der Waals surface area contributed by atoms with Crippen molar-refractivity contribution in [1.29, 1.82) is 0 Å². The minimum atomic E-state index is 0. The summed E-state index contributed by atoms with van der Waals surface area (Å²) in [7, 11) is 0. The first-order valence-electron chi connectivity index (χ1n) is 5.68. The third kappa shape index (κ3) is 5.43. The molecule has 2 aliphatic rings. The van der Waals surface area contributed by atoms with Gasteiger partial charge in [-0.05, 0) is 0 Å². The van der Waals surface area contributed by atoms with E-state index in [-0.39, 0.29) is 31.1 Å². The van der Waals surface area contributed by atoms with E-state index in [1.54, 1.807) is 0 Å². The minimum absolute atomic E-state index is 0. The minimum Gasteiger partial charge on any atom is -0.314 e. The van der Waals surface area contributed by atoms with Crippen LogP contribution in [-0.2, 0) is 0 Å². The van der Waals surface area contributed by atoms with Crippen LogP contribution in [0.4, 0.5) is 0 Å². The van der Waals surface area contributed by atoms with E-state index in [1.807, 2.05) is 0 Å². The Morgan fingerprint density at radius 1 is 0.867 bits per heavy atom. The fraction of sp³-hybridized carbons (Fsp3) is 1.00. The summed E-state index contributed by atoms with van der Waals surface area (Å²) in [6, 6.07) is 0. The second kappa shape index (κ2) is 8.38. The van der Waals surface area contributed by atoms with Crippen molar-refractivity contribution in [3.8, 4) is 0 Å². The summed E-state index contributed by atoms with van der Waals surface area (Å²) in [6.45, 7) is 9.98. The van der Waals surface area contributed by atoms with Crippen LogP contribution in [0.3, 0.4) is 0 Å². The molecule has 1 N–H and O–H groups in total. The van der Waals surface area contributed by atoms with E-state index in [0.717, 1.165) is 0 Å². The van der Waals surface area contributed by atoms with Gasteiger partial charge < -0.3 is 10.2 Å². The molecule has 0 aromatic heterocycles. The summed E-state index contributed by atoms with van der Waals surface area (Å²) in [5, 5.41) is 3.39. The van der Waals surface area contributed by atoms with E-state index < -0.39 is 0 Å². The second-order valence-electron chi connectivity index (χ2n) is 4.05. The summed E-state index contributed by atoms with van der Waals surface area (Å²) >= 11 is 2.09. The van der Waals surface area contributed by atoms with Crippen LogP contribution < -0.4 is 5.32 Å². The fourth-order valence-electron chi connectivity index (χ4n) is 2.04. The van der Waals surface area contributed by atoms with Crippen molar-refractivity contribution in [2.75, 3.05) is 63.9 Å². The molecule has 2 heterocycles. The van der Waals surface area contributed by atoms with E-state index >= 15 is 0 Å². The first-order valence-corrected chi connectivity index (χ1v) is 6.84. The van der Waals surface area contributed by atoms with Crippen LogP contribution in [0.1, 0.15) is 0 Å². The zero-order valence-electron chi connectivity index (χ0n) is 9.37. The van der Waals surface area contributed by atoms with Crippen LogP contribution >= 0.6 is 11.8 Å². The first kappa shape index (κ1) is 14.3. The molecule has 3 nitrogen and oxygen atoms in total. The molecule has 0 saturated carbocycles. The van der Waals surface area contributed by atoms with Gasteiger partial charge in [-0.3, -0.25) is 4.90 Å². The maximum absolute atomic E-state index is 3.39. The molecule has 5 heteroatoms. The van der Waals surface area contributed by atoms with E-state index in [9.17, 15) is 0 Å². The quantitative estimate of drug-likeness (QED) is 0.646. The van der Waals surface area contributed by atoms with Gasteiger partial charge in [0, 0.05) is 95.0 Å². The third-order valence-electron chi connectivity index (χ3n) is 3.05. The van der Waals surface area contributed by atoms with Gasteiger partial charge in [-0.2, -0.15) is 11.8 Å². The number of thioether (sulfide) groups is 1. The Bertz CT molecular complexity index is 141. The van der Waals surface area contributed by atoms with Crippen molar-refractivity contribution >= 4 is 11.8 Å². The first-order chi connectivity index (χ1) is 6.95. The molecule has 0 atom stereocenters. The van der Waals surface area contributed by atoms with Crippen molar-refractivity contribution in [2.45, 2.75) is 0 Å². The summed E-state index contributed by atoms with van der Waals surface area (Å²) in [5.74, 6) is 2.67. The van der Waals surface area contributed by atoms with Gasteiger partial charge in [-0.25, -0.2) is 0 Å². The maximum Gasteiger partial charge on any atom is 0.0110 e. The van der Waals surface area contributed by atoms with Gasteiger partial charge in [0.2, 0.25) is 0 Å². The van der Waals surface area contributed by atoms with Gasteiger partial charge >= 0.3 is 0 Å². The molecule has 2 fully saturated rings. The fourth-order valence-corrected chi connectivity index (χ4v) is 3.02. The molecule has 0 spiro atoms. The van der Waals surface area contributed by atoms with Crippen LogP contribution in [0.15, 0.2) is 0 Å². The molecule has 2 saturated heterocycles. The van der Waals surface area contributed by atoms with Gasteiger partial charge in [0.25, 0.3) is 0 Å². The smallest absolute Gasteiger partial charge is 0.0110 e. The van der Waals surface area contributed by atoms with Gasteiger partial charge in [0.1, 0.15) is 0 Å². The van der Waals surface area contributed by atoms with Crippen molar-refractivity contribution < 1.29 is 31.1 Å². The average molecular weight is 453 g/mol. The third-order valence-corrected chi connectivity index (χ3v) is 3.99. The van der Waals surface area contributed by atoms with Crippen LogP contribution in [0.25, 0.3) is 0 Å². The molecule has 0 radical (unpaired) electrons. The van der Waals surface area contributed by atoms with Crippen LogP contribution in [-0.4, -0.2) is 73.7 Å². The Balaban J connectivity index is 0.00000112. The number of nitrogens with one attached hydrogen (secondary N) is 1. The molecular weight excluding hydrogens is 432 g/mol. The Hall–Kier alpha value is 1.28. The Morgan fingerprint density at radius 2 is 1.40 bits per heavy atom. The van der Waals surface area contributed by atoms with Crippen LogP contribution in [0.5, 0.6) is 0 Å². The second-order valence-corrected chi connectivity index (χ2v) is 5.27. The Morgan fingerprint density at radius 3 is 2.00 bits per heavy atom. The molecule has 0 unspecified atom stereocenters. The molecular formula is C10H21N3SU. The van der Waals surface area contributed by atoms with Crippen LogP contribution in [0, 0.1) is 31.1 Å². The summed E-state index contributed by atoms with van der Waals surface area (Å²) in [5.41, 5.74) is 0. The monoisotopic (exact) mass is 453 g/mol. The standard InChI is InChI=1S/C10H21N3S.U/c1-3-12(4-2-11-1)5-6-13-7-9-14-10-8-13;/h11H,1-10H2;. The normalized spacial score (nSPS) is 24.8. The molecule has 2 rings (SSSR count). The molecule has 0 aromatic carbocycles. The average Bonchev–Trinajstić information content (AvgIpc) is 2.29. The predicted octanol–water partition coefficient (Wildman–Crippen LogP) is -0.0596. The van der Waals surface area contributed by atoms with Gasteiger partial charge in [0.05, 0.1) is 0 Å². The topological polar surface area (TPSA) is 18.5 Å². The van der Waals surface area contributed by atoms with Gasteiger partial charge in [-0.1, -0.05) is 0 Å². The number of hydrogen-bond donors (Lipinski definition) is 1. The Labute approximate surface area is 121 Å². The van der Waals surface area contributed by atoms with E-state index in [4.69, 9.17) is 0 Å². The molecule has 0 bridgehead atoms. The van der Waals surface area contributed by atoms with Gasteiger partial charge in [0.15, 0.2) is 0 Å². The molecule has 0 aromatic rings. The van der Waals surface area contributed by atoms with Gasteiger partial charge in [-0.15, -0.1) is 0 Å². The molecule has 0 amide bonds. The van der Waals surface area contributed by atoms with Crippen molar-refractivity contribution in [3.05, 3.63) is 0 Å². The van der Waals surface area contributed by atoms with E-state index in [0.29, 0.717) is 0 Å². The Kier molecular flexibility index (Phi) is 8.02. The number of hydrogen-bond acceptors (Lipinski definition) is 4. The number of piperazine rings is 1. The van der Waals surface area contributed by atoms with E-state index in [1.165, 1.54) is 63.9 Å².